The summed E-state index contributed by atoms with van der Waals surface area (Å²) in [5.41, 5.74) is 0.707. The first-order valence-electron chi connectivity index (χ1n) is 4.91. The lowest BCUT2D eigenvalue weighted by Gasteiger charge is -2.00. The predicted octanol–water partition coefficient (Wildman–Crippen LogP) is 4.29. The molecule has 0 saturated heterocycles. The van der Waals surface area contributed by atoms with Crippen LogP contribution in [-0.4, -0.2) is 4.98 Å². The van der Waals surface area contributed by atoms with Crippen LogP contribution in [0.25, 0.3) is 12.2 Å². The first-order valence-corrected chi connectivity index (χ1v) is 5.70. The Morgan fingerprint density at radius 3 is 2.59 bits per heavy atom. The molecule has 0 atom stereocenters. The normalized spacial score (nSPS) is 11.0. The third-order valence-corrected chi connectivity index (χ3v) is 2.91. The van der Waals surface area contributed by atoms with Gasteiger partial charge in [0.05, 0.1) is 0 Å². The average molecular weight is 296 g/mol. The fraction of sp³-hybridized carbons (Fsp3) is 0. The molecule has 0 spiro atoms. The molecule has 86 valence electrons. The molecule has 0 aliphatic heterocycles. The molecule has 0 bridgehead atoms. The summed E-state index contributed by atoms with van der Waals surface area (Å²) in [5, 5.41) is 0. The quantitative estimate of drug-likeness (QED) is 0.753. The highest BCUT2D eigenvalue weighted by Crippen LogP contribution is 2.22. The van der Waals surface area contributed by atoms with Gasteiger partial charge in [0.2, 0.25) is 5.95 Å². The molecule has 1 aromatic carbocycles. The standard InChI is InChI=1S/C13H8BrF2N/c14-11-4-1-5-12(15)10(11)7-6-9-3-2-8-17-13(9)16/h1-8H/b7-6-. The van der Waals surface area contributed by atoms with E-state index >= 15 is 0 Å². The molecule has 0 fully saturated rings. The molecule has 1 aromatic heterocycles. The van der Waals surface area contributed by atoms with E-state index in [9.17, 15) is 8.78 Å². The van der Waals surface area contributed by atoms with Gasteiger partial charge in [0.1, 0.15) is 5.82 Å². The molecule has 1 heterocycles. The minimum atomic E-state index is -0.573. The van der Waals surface area contributed by atoms with Crippen molar-refractivity contribution in [3.05, 3.63) is 63.9 Å². The van der Waals surface area contributed by atoms with Crippen LogP contribution in [0.2, 0.25) is 0 Å². The Labute approximate surface area is 106 Å². The van der Waals surface area contributed by atoms with Gasteiger partial charge in [-0.25, -0.2) is 9.37 Å². The summed E-state index contributed by atoms with van der Waals surface area (Å²) in [6.07, 6.45) is 4.37. The van der Waals surface area contributed by atoms with Gasteiger partial charge in [-0.1, -0.05) is 28.1 Å². The molecule has 2 aromatic rings. The minimum Gasteiger partial charge on any atom is -0.228 e. The molecule has 0 N–H and O–H groups in total. The number of nitrogens with zero attached hydrogens (tertiary/aromatic N) is 1. The maximum absolute atomic E-state index is 13.5. The highest BCUT2D eigenvalue weighted by atomic mass is 79.9. The van der Waals surface area contributed by atoms with Gasteiger partial charge in [-0.05, 0) is 30.3 Å². The maximum atomic E-state index is 13.5. The number of hydrogen-bond donors (Lipinski definition) is 0. The van der Waals surface area contributed by atoms with Gasteiger partial charge in [0, 0.05) is 21.8 Å². The molecule has 0 aliphatic rings. The molecule has 0 saturated carbocycles. The van der Waals surface area contributed by atoms with Gasteiger partial charge in [0.25, 0.3) is 0 Å². The number of aromatic nitrogens is 1. The Morgan fingerprint density at radius 1 is 1.06 bits per heavy atom. The molecular formula is C13H8BrF2N. The molecule has 0 aliphatic carbocycles. The average Bonchev–Trinajstić information content (AvgIpc) is 2.30. The van der Waals surface area contributed by atoms with Crippen molar-refractivity contribution in [2.75, 3.05) is 0 Å². The molecule has 0 amide bonds. The molecule has 0 radical (unpaired) electrons. The van der Waals surface area contributed by atoms with Crippen molar-refractivity contribution >= 4 is 28.1 Å². The summed E-state index contributed by atoms with van der Waals surface area (Å²) in [4.78, 5) is 3.51. The van der Waals surface area contributed by atoms with Crippen molar-refractivity contribution in [2.24, 2.45) is 0 Å². The highest BCUT2D eigenvalue weighted by Gasteiger charge is 2.03. The number of halogens is 3. The topological polar surface area (TPSA) is 12.9 Å². The first-order chi connectivity index (χ1) is 8.18. The van der Waals surface area contributed by atoms with Crippen molar-refractivity contribution in [2.45, 2.75) is 0 Å². The fourth-order valence-corrected chi connectivity index (χ4v) is 1.84. The number of hydrogen-bond acceptors (Lipinski definition) is 1. The Hall–Kier alpha value is -1.55. The van der Waals surface area contributed by atoms with Crippen LogP contribution in [0.15, 0.2) is 41.0 Å². The van der Waals surface area contributed by atoms with E-state index in [1.54, 1.807) is 24.3 Å². The van der Waals surface area contributed by atoms with Crippen LogP contribution >= 0.6 is 15.9 Å². The van der Waals surface area contributed by atoms with Crippen LogP contribution in [0.3, 0.4) is 0 Å². The van der Waals surface area contributed by atoms with Crippen molar-refractivity contribution in [1.29, 1.82) is 0 Å². The van der Waals surface area contributed by atoms with E-state index in [-0.39, 0.29) is 5.82 Å². The van der Waals surface area contributed by atoms with E-state index in [4.69, 9.17) is 0 Å². The summed E-state index contributed by atoms with van der Waals surface area (Å²) in [7, 11) is 0. The summed E-state index contributed by atoms with van der Waals surface area (Å²) in [6, 6.07) is 7.88. The summed E-state index contributed by atoms with van der Waals surface area (Å²) in [5.74, 6) is -0.934. The lowest BCUT2D eigenvalue weighted by molar-refractivity contribution is 0.581. The first kappa shape index (κ1) is 11.9. The largest absolute Gasteiger partial charge is 0.228 e. The van der Waals surface area contributed by atoms with E-state index in [2.05, 4.69) is 20.9 Å². The van der Waals surface area contributed by atoms with Crippen LogP contribution in [0.4, 0.5) is 8.78 Å². The zero-order chi connectivity index (χ0) is 12.3. The summed E-state index contributed by atoms with van der Waals surface area (Å²) < 4.78 is 27.3. The van der Waals surface area contributed by atoms with Crippen molar-refractivity contribution in [1.82, 2.24) is 4.98 Å². The monoisotopic (exact) mass is 295 g/mol. The van der Waals surface area contributed by atoms with E-state index < -0.39 is 5.95 Å². The second kappa shape index (κ2) is 5.19. The van der Waals surface area contributed by atoms with Gasteiger partial charge in [-0.2, -0.15) is 4.39 Å². The molecular weight excluding hydrogens is 288 g/mol. The highest BCUT2D eigenvalue weighted by molar-refractivity contribution is 9.10. The summed E-state index contributed by atoms with van der Waals surface area (Å²) >= 11 is 3.24. The minimum absolute atomic E-state index is 0.322. The Bertz CT molecular complexity index is 547. The molecule has 1 nitrogen and oxygen atoms in total. The third kappa shape index (κ3) is 2.77. The lowest BCUT2D eigenvalue weighted by atomic mass is 10.1. The number of rotatable bonds is 2. The van der Waals surface area contributed by atoms with Gasteiger partial charge >= 0.3 is 0 Å². The smallest absolute Gasteiger partial charge is 0.220 e. The van der Waals surface area contributed by atoms with Crippen LogP contribution in [0, 0.1) is 11.8 Å². The Morgan fingerprint density at radius 2 is 1.88 bits per heavy atom. The van der Waals surface area contributed by atoms with Crippen molar-refractivity contribution < 1.29 is 8.78 Å². The lowest BCUT2D eigenvalue weighted by Crippen LogP contribution is -1.86. The van der Waals surface area contributed by atoms with E-state index in [0.29, 0.717) is 15.6 Å². The van der Waals surface area contributed by atoms with Crippen molar-refractivity contribution in [3.8, 4) is 0 Å². The van der Waals surface area contributed by atoms with E-state index in [0.717, 1.165) is 0 Å². The van der Waals surface area contributed by atoms with Gasteiger partial charge in [-0.3, -0.25) is 0 Å². The summed E-state index contributed by atoms with van der Waals surface area (Å²) in [6.45, 7) is 0. The third-order valence-electron chi connectivity index (χ3n) is 2.22. The zero-order valence-corrected chi connectivity index (χ0v) is 10.3. The van der Waals surface area contributed by atoms with Crippen LogP contribution in [-0.2, 0) is 0 Å². The number of pyridine rings is 1. The molecule has 17 heavy (non-hydrogen) atoms. The van der Waals surface area contributed by atoms with Crippen molar-refractivity contribution in [3.63, 3.8) is 0 Å². The zero-order valence-electron chi connectivity index (χ0n) is 8.70. The second-order valence-corrected chi connectivity index (χ2v) is 4.21. The SMILES string of the molecule is Fc1cccc(Br)c1/C=C\c1cccnc1F. The fourth-order valence-electron chi connectivity index (χ4n) is 1.37. The van der Waals surface area contributed by atoms with Crippen LogP contribution in [0.1, 0.15) is 11.1 Å². The number of benzene rings is 1. The molecule has 0 unspecified atom stereocenters. The Kier molecular flexibility index (Phi) is 3.64. The van der Waals surface area contributed by atoms with Gasteiger partial charge < -0.3 is 0 Å². The van der Waals surface area contributed by atoms with E-state index in [1.807, 2.05) is 0 Å². The maximum Gasteiger partial charge on any atom is 0.220 e. The van der Waals surface area contributed by atoms with Gasteiger partial charge in [-0.15, -0.1) is 0 Å². The Balaban J connectivity index is 2.36. The van der Waals surface area contributed by atoms with Crippen LogP contribution in [0.5, 0.6) is 0 Å². The molecule has 2 rings (SSSR count). The second-order valence-electron chi connectivity index (χ2n) is 3.35. The molecule has 4 heteroatoms. The van der Waals surface area contributed by atoms with Crippen LogP contribution < -0.4 is 0 Å². The predicted molar refractivity (Wildman–Crippen MR) is 67.2 cm³/mol. The van der Waals surface area contributed by atoms with Gasteiger partial charge in [0.15, 0.2) is 0 Å². The van der Waals surface area contributed by atoms with E-state index in [1.165, 1.54) is 24.4 Å².